The maximum atomic E-state index is 12.4. The number of hydrogen-bond donors (Lipinski definition) is 2. The van der Waals surface area contributed by atoms with Gasteiger partial charge < -0.3 is 19.8 Å². The molecule has 2 amide bonds. The predicted octanol–water partition coefficient (Wildman–Crippen LogP) is 4.73. The molecule has 29 heavy (non-hydrogen) atoms. The largest absolute Gasteiger partial charge is 0.484 e. The first-order valence-corrected chi connectivity index (χ1v) is 8.36. The summed E-state index contributed by atoms with van der Waals surface area (Å²) in [6.45, 7) is -1.39. The Morgan fingerprint density at radius 1 is 0.897 bits per heavy atom. The zero-order valence-electron chi connectivity index (χ0n) is 14.8. The molecule has 1 heterocycles. The molecule has 0 atom stereocenters. The molecule has 0 saturated heterocycles. The van der Waals surface area contributed by atoms with Gasteiger partial charge in [0.2, 0.25) is 0 Å². The molecule has 0 fully saturated rings. The molecule has 0 bridgehead atoms. The van der Waals surface area contributed by atoms with Crippen LogP contribution in [0, 0.1) is 0 Å². The fourth-order valence-corrected chi connectivity index (χ4v) is 2.34. The van der Waals surface area contributed by atoms with Gasteiger partial charge in [0.25, 0.3) is 11.8 Å². The smallest absolute Gasteiger partial charge is 0.422 e. The van der Waals surface area contributed by atoms with E-state index >= 15 is 0 Å². The number of rotatable bonds is 6. The van der Waals surface area contributed by atoms with E-state index in [0.29, 0.717) is 11.4 Å². The summed E-state index contributed by atoms with van der Waals surface area (Å²) in [5.74, 6) is -0.749. The second-order valence-corrected chi connectivity index (χ2v) is 5.89. The van der Waals surface area contributed by atoms with Gasteiger partial charge in [-0.2, -0.15) is 13.2 Å². The van der Waals surface area contributed by atoms with Crippen LogP contribution in [0.25, 0.3) is 0 Å². The van der Waals surface area contributed by atoms with Gasteiger partial charge in [-0.1, -0.05) is 6.07 Å². The molecule has 9 heteroatoms. The molecule has 2 aromatic carbocycles. The molecule has 0 unspecified atom stereocenters. The fourth-order valence-electron chi connectivity index (χ4n) is 2.34. The Balaban J connectivity index is 1.61. The first-order chi connectivity index (χ1) is 13.8. The van der Waals surface area contributed by atoms with Gasteiger partial charge in [0.15, 0.2) is 12.4 Å². The molecule has 2 N–H and O–H groups in total. The molecule has 150 valence electrons. The molecule has 0 spiro atoms. The van der Waals surface area contributed by atoms with Crippen molar-refractivity contribution >= 4 is 23.2 Å². The third-order valence-electron chi connectivity index (χ3n) is 3.64. The van der Waals surface area contributed by atoms with E-state index in [1.165, 1.54) is 42.7 Å². The van der Waals surface area contributed by atoms with Crippen LogP contribution >= 0.6 is 0 Å². The lowest BCUT2D eigenvalue weighted by Gasteiger charge is -2.10. The normalized spacial score (nSPS) is 11.0. The first kappa shape index (κ1) is 20.0. The van der Waals surface area contributed by atoms with Gasteiger partial charge in [0.05, 0.1) is 6.26 Å². The number of hydrogen-bond acceptors (Lipinski definition) is 4. The Hall–Kier alpha value is -3.75. The minimum absolute atomic E-state index is 0.0305. The molecule has 0 saturated carbocycles. The predicted molar refractivity (Wildman–Crippen MR) is 99.0 cm³/mol. The number of benzene rings is 2. The van der Waals surface area contributed by atoms with E-state index in [0.717, 1.165) is 0 Å². The quantitative estimate of drug-likeness (QED) is 0.623. The monoisotopic (exact) mass is 404 g/mol. The van der Waals surface area contributed by atoms with Crippen molar-refractivity contribution < 1.29 is 31.9 Å². The van der Waals surface area contributed by atoms with Crippen LogP contribution < -0.4 is 15.4 Å². The number of furan rings is 1. The van der Waals surface area contributed by atoms with E-state index in [9.17, 15) is 22.8 Å². The summed E-state index contributed by atoms with van der Waals surface area (Å²) in [4.78, 5) is 24.4. The zero-order chi connectivity index (χ0) is 20.9. The average molecular weight is 404 g/mol. The Bertz CT molecular complexity index is 984. The van der Waals surface area contributed by atoms with Crippen molar-refractivity contribution in [1.29, 1.82) is 0 Å². The van der Waals surface area contributed by atoms with Gasteiger partial charge in [0, 0.05) is 16.9 Å². The van der Waals surface area contributed by atoms with Crippen molar-refractivity contribution in [2.75, 3.05) is 17.2 Å². The topological polar surface area (TPSA) is 80.6 Å². The van der Waals surface area contributed by atoms with E-state index in [1.54, 1.807) is 24.3 Å². The van der Waals surface area contributed by atoms with Crippen molar-refractivity contribution in [2.24, 2.45) is 0 Å². The van der Waals surface area contributed by atoms with Crippen molar-refractivity contribution in [3.05, 3.63) is 78.3 Å². The second-order valence-electron chi connectivity index (χ2n) is 5.89. The van der Waals surface area contributed by atoms with E-state index < -0.39 is 24.6 Å². The van der Waals surface area contributed by atoms with Crippen molar-refractivity contribution in [3.8, 4) is 5.75 Å². The standard InChI is InChI=1S/C20H15F3N2O4/c21-20(22,23)12-29-16-8-6-14(7-9-16)24-18(26)13-3-1-4-15(11-13)25-19(27)17-5-2-10-28-17/h1-11H,12H2,(H,24,26)(H,25,27). The highest BCUT2D eigenvalue weighted by atomic mass is 19.4. The van der Waals surface area contributed by atoms with E-state index in [-0.39, 0.29) is 17.1 Å². The van der Waals surface area contributed by atoms with Crippen LogP contribution in [-0.4, -0.2) is 24.6 Å². The average Bonchev–Trinajstić information content (AvgIpc) is 3.22. The van der Waals surface area contributed by atoms with E-state index in [4.69, 9.17) is 4.42 Å². The van der Waals surface area contributed by atoms with Crippen LogP contribution in [0.5, 0.6) is 5.75 Å². The highest BCUT2D eigenvalue weighted by Gasteiger charge is 2.28. The lowest BCUT2D eigenvalue weighted by molar-refractivity contribution is -0.153. The molecule has 0 aliphatic rings. The van der Waals surface area contributed by atoms with Gasteiger partial charge in [-0.25, -0.2) is 0 Å². The van der Waals surface area contributed by atoms with E-state index in [1.807, 2.05) is 0 Å². The Morgan fingerprint density at radius 2 is 1.62 bits per heavy atom. The lowest BCUT2D eigenvalue weighted by Crippen LogP contribution is -2.19. The molecule has 1 aromatic heterocycles. The van der Waals surface area contributed by atoms with Crippen molar-refractivity contribution in [1.82, 2.24) is 0 Å². The van der Waals surface area contributed by atoms with Gasteiger partial charge in [-0.3, -0.25) is 9.59 Å². The van der Waals surface area contributed by atoms with Crippen LogP contribution in [-0.2, 0) is 0 Å². The zero-order valence-corrected chi connectivity index (χ0v) is 14.8. The third-order valence-corrected chi connectivity index (χ3v) is 3.64. The summed E-state index contributed by atoms with van der Waals surface area (Å²) in [7, 11) is 0. The number of ether oxygens (including phenoxy) is 1. The first-order valence-electron chi connectivity index (χ1n) is 8.36. The minimum atomic E-state index is -4.43. The van der Waals surface area contributed by atoms with Crippen LogP contribution in [0.15, 0.2) is 71.3 Å². The summed E-state index contributed by atoms with van der Waals surface area (Å²) in [6.07, 6.45) is -3.05. The van der Waals surface area contributed by atoms with Crippen LogP contribution in [0.2, 0.25) is 0 Å². The summed E-state index contributed by atoms with van der Waals surface area (Å²) in [6, 6.07) is 14.8. The lowest BCUT2D eigenvalue weighted by atomic mass is 10.1. The highest BCUT2D eigenvalue weighted by Crippen LogP contribution is 2.21. The number of carbonyl (C=O) groups excluding carboxylic acids is 2. The molecule has 3 rings (SSSR count). The molecule has 0 radical (unpaired) electrons. The third kappa shape index (κ3) is 5.86. The van der Waals surface area contributed by atoms with E-state index in [2.05, 4.69) is 15.4 Å². The highest BCUT2D eigenvalue weighted by molar-refractivity contribution is 6.06. The van der Waals surface area contributed by atoms with Crippen LogP contribution in [0.4, 0.5) is 24.5 Å². The molecule has 3 aromatic rings. The number of halogens is 3. The summed E-state index contributed by atoms with van der Waals surface area (Å²) < 4.78 is 46.1. The van der Waals surface area contributed by atoms with Gasteiger partial charge in [-0.05, 0) is 54.6 Å². The molecule has 0 aliphatic carbocycles. The fraction of sp³-hybridized carbons (Fsp3) is 0.100. The number of carbonyl (C=O) groups is 2. The molecular formula is C20H15F3N2O4. The second kappa shape index (κ2) is 8.51. The number of amides is 2. The number of anilines is 2. The maximum absolute atomic E-state index is 12.4. The minimum Gasteiger partial charge on any atom is -0.484 e. The molecular weight excluding hydrogens is 389 g/mol. The SMILES string of the molecule is O=C(Nc1ccc(OCC(F)(F)F)cc1)c1cccc(NC(=O)c2ccco2)c1. The van der Waals surface area contributed by atoms with Gasteiger partial charge in [0.1, 0.15) is 5.75 Å². The Labute approximate surface area is 163 Å². The van der Waals surface area contributed by atoms with Crippen LogP contribution in [0.3, 0.4) is 0 Å². The molecule has 6 nitrogen and oxygen atoms in total. The van der Waals surface area contributed by atoms with Crippen molar-refractivity contribution in [2.45, 2.75) is 6.18 Å². The number of nitrogens with one attached hydrogen (secondary N) is 2. The van der Waals surface area contributed by atoms with Gasteiger partial charge in [-0.15, -0.1) is 0 Å². The van der Waals surface area contributed by atoms with Crippen LogP contribution in [0.1, 0.15) is 20.9 Å². The van der Waals surface area contributed by atoms with Gasteiger partial charge >= 0.3 is 6.18 Å². The summed E-state index contributed by atoms with van der Waals surface area (Å²) in [5, 5.41) is 5.23. The summed E-state index contributed by atoms with van der Waals surface area (Å²) >= 11 is 0. The Morgan fingerprint density at radius 3 is 2.28 bits per heavy atom. The molecule has 0 aliphatic heterocycles. The maximum Gasteiger partial charge on any atom is 0.422 e. The Kier molecular flexibility index (Phi) is 5.87. The van der Waals surface area contributed by atoms with Crippen molar-refractivity contribution in [3.63, 3.8) is 0 Å². The number of alkyl halides is 3. The summed E-state index contributed by atoms with van der Waals surface area (Å²) in [5.41, 5.74) is 1.05.